The lowest BCUT2D eigenvalue weighted by atomic mass is 9.95. The molecule has 1 aliphatic heterocycles. The molecule has 0 bridgehead atoms. The van der Waals surface area contributed by atoms with Gasteiger partial charge in [-0.05, 0) is 42.0 Å². The van der Waals surface area contributed by atoms with E-state index >= 15 is 0 Å². The van der Waals surface area contributed by atoms with E-state index in [1.54, 1.807) is 7.11 Å². The van der Waals surface area contributed by atoms with Crippen molar-refractivity contribution >= 4 is 29.9 Å². The van der Waals surface area contributed by atoms with Crippen LogP contribution in [0, 0.1) is 5.92 Å². The molecule has 2 N–H and O–H groups in total. The Morgan fingerprint density at radius 3 is 2.53 bits per heavy atom. The summed E-state index contributed by atoms with van der Waals surface area (Å²) in [5.41, 5.74) is 2.58. The molecule has 1 aliphatic rings. The first-order valence-corrected chi connectivity index (χ1v) is 10.5. The average molecular weight is 523 g/mol. The standard InChI is InChI=1S/C24H33N3O2.HI/c1-18(19-9-11-22(28-3)12-10-19)13-15-26-24(25-2)27-17-21-14-16-29-23(21)20-7-5-4-6-8-20;/h4-12,18,21,23H,13-17H2,1-3H3,(H2,25,26,27);1H. The van der Waals surface area contributed by atoms with Crippen molar-refractivity contribution in [3.05, 3.63) is 65.7 Å². The van der Waals surface area contributed by atoms with E-state index in [0.29, 0.717) is 11.8 Å². The second kappa shape index (κ2) is 12.8. The summed E-state index contributed by atoms with van der Waals surface area (Å²) in [5.74, 6) is 2.67. The second-order valence-corrected chi connectivity index (χ2v) is 7.59. The molecule has 0 amide bonds. The van der Waals surface area contributed by atoms with Crippen LogP contribution in [0.15, 0.2) is 59.6 Å². The van der Waals surface area contributed by atoms with Gasteiger partial charge in [0.25, 0.3) is 0 Å². The molecule has 3 unspecified atom stereocenters. The molecule has 1 heterocycles. The molecule has 2 aromatic carbocycles. The van der Waals surface area contributed by atoms with Crippen molar-refractivity contribution in [1.29, 1.82) is 0 Å². The van der Waals surface area contributed by atoms with E-state index in [2.05, 4.69) is 58.9 Å². The van der Waals surface area contributed by atoms with Crippen LogP contribution in [0.25, 0.3) is 0 Å². The van der Waals surface area contributed by atoms with Crippen molar-refractivity contribution in [1.82, 2.24) is 10.6 Å². The highest BCUT2D eigenvalue weighted by Crippen LogP contribution is 2.33. The lowest BCUT2D eigenvalue weighted by molar-refractivity contribution is 0.0915. The first-order valence-electron chi connectivity index (χ1n) is 10.5. The zero-order chi connectivity index (χ0) is 20.5. The molecule has 0 saturated carbocycles. The molecular weight excluding hydrogens is 489 g/mol. The van der Waals surface area contributed by atoms with Gasteiger partial charge in [-0.2, -0.15) is 0 Å². The molecule has 0 radical (unpaired) electrons. The molecule has 1 saturated heterocycles. The van der Waals surface area contributed by atoms with Gasteiger partial charge in [0.05, 0.1) is 13.2 Å². The van der Waals surface area contributed by atoms with E-state index in [4.69, 9.17) is 9.47 Å². The van der Waals surface area contributed by atoms with Gasteiger partial charge in [-0.15, -0.1) is 24.0 Å². The predicted molar refractivity (Wildman–Crippen MR) is 134 cm³/mol. The molecule has 6 heteroatoms. The maximum atomic E-state index is 5.99. The molecule has 5 nitrogen and oxygen atoms in total. The van der Waals surface area contributed by atoms with Crippen LogP contribution >= 0.6 is 24.0 Å². The molecule has 164 valence electrons. The number of hydrogen-bond donors (Lipinski definition) is 2. The van der Waals surface area contributed by atoms with E-state index in [1.807, 2.05) is 25.2 Å². The van der Waals surface area contributed by atoms with Crippen molar-refractivity contribution in [2.45, 2.75) is 31.8 Å². The number of benzene rings is 2. The van der Waals surface area contributed by atoms with Gasteiger partial charge in [0.2, 0.25) is 0 Å². The van der Waals surface area contributed by atoms with Crippen LogP contribution in [0.1, 0.15) is 42.9 Å². The van der Waals surface area contributed by atoms with Gasteiger partial charge in [-0.25, -0.2) is 0 Å². The van der Waals surface area contributed by atoms with Gasteiger partial charge in [0.15, 0.2) is 5.96 Å². The summed E-state index contributed by atoms with van der Waals surface area (Å²) in [4.78, 5) is 4.38. The highest BCUT2D eigenvalue weighted by atomic mass is 127. The second-order valence-electron chi connectivity index (χ2n) is 7.59. The highest BCUT2D eigenvalue weighted by Gasteiger charge is 2.29. The summed E-state index contributed by atoms with van der Waals surface area (Å²) in [6.07, 6.45) is 2.27. The van der Waals surface area contributed by atoms with Crippen LogP contribution in [0.4, 0.5) is 0 Å². The molecule has 30 heavy (non-hydrogen) atoms. The summed E-state index contributed by atoms with van der Waals surface area (Å²) in [7, 11) is 3.52. The zero-order valence-electron chi connectivity index (χ0n) is 18.1. The van der Waals surface area contributed by atoms with Gasteiger partial charge in [-0.1, -0.05) is 49.4 Å². The molecule has 3 atom stereocenters. The lowest BCUT2D eigenvalue weighted by Crippen LogP contribution is -2.40. The summed E-state index contributed by atoms with van der Waals surface area (Å²) in [6.45, 7) is 4.79. The third-order valence-electron chi connectivity index (χ3n) is 5.65. The molecular formula is C24H34IN3O2. The Bertz CT molecular complexity index is 768. The first kappa shape index (κ1) is 24.5. The van der Waals surface area contributed by atoms with Gasteiger partial charge in [0, 0.05) is 32.7 Å². The average Bonchev–Trinajstić information content (AvgIpc) is 3.25. The largest absolute Gasteiger partial charge is 0.497 e. The molecule has 0 aliphatic carbocycles. The Hall–Kier alpha value is -1.80. The Balaban J connectivity index is 0.00000320. The van der Waals surface area contributed by atoms with E-state index < -0.39 is 0 Å². The van der Waals surface area contributed by atoms with E-state index in [9.17, 15) is 0 Å². The fraction of sp³-hybridized carbons (Fsp3) is 0.458. The van der Waals surface area contributed by atoms with Gasteiger partial charge < -0.3 is 20.1 Å². The summed E-state index contributed by atoms with van der Waals surface area (Å²) in [5, 5.41) is 6.93. The number of nitrogens with one attached hydrogen (secondary N) is 2. The smallest absolute Gasteiger partial charge is 0.190 e. The van der Waals surface area contributed by atoms with Crippen molar-refractivity contribution < 1.29 is 9.47 Å². The Labute approximate surface area is 197 Å². The van der Waals surface area contributed by atoms with Crippen LogP contribution in [-0.4, -0.2) is 39.8 Å². The van der Waals surface area contributed by atoms with E-state index in [0.717, 1.165) is 44.2 Å². The summed E-state index contributed by atoms with van der Waals surface area (Å²) in [6, 6.07) is 18.8. The van der Waals surface area contributed by atoms with E-state index in [1.165, 1.54) is 11.1 Å². The number of halogens is 1. The molecule has 1 fully saturated rings. The zero-order valence-corrected chi connectivity index (χ0v) is 20.5. The van der Waals surface area contributed by atoms with Gasteiger partial charge >= 0.3 is 0 Å². The summed E-state index contributed by atoms with van der Waals surface area (Å²) >= 11 is 0. The number of guanidine groups is 1. The highest BCUT2D eigenvalue weighted by molar-refractivity contribution is 14.0. The van der Waals surface area contributed by atoms with Gasteiger partial charge in [-0.3, -0.25) is 4.99 Å². The topological polar surface area (TPSA) is 54.9 Å². The monoisotopic (exact) mass is 523 g/mol. The van der Waals surface area contributed by atoms with Crippen LogP contribution in [0.2, 0.25) is 0 Å². The van der Waals surface area contributed by atoms with Crippen LogP contribution in [0.5, 0.6) is 5.75 Å². The number of ether oxygens (including phenoxy) is 2. The Kier molecular flexibility index (Phi) is 10.4. The number of methoxy groups -OCH3 is 1. The number of hydrogen-bond acceptors (Lipinski definition) is 3. The third kappa shape index (κ3) is 6.87. The number of nitrogens with zero attached hydrogens (tertiary/aromatic N) is 1. The third-order valence-corrected chi connectivity index (χ3v) is 5.65. The quantitative estimate of drug-likeness (QED) is 0.298. The van der Waals surface area contributed by atoms with Gasteiger partial charge in [0.1, 0.15) is 5.75 Å². The fourth-order valence-corrected chi connectivity index (χ4v) is 3.81. The minimum absolute atomic E-state index is 0. The molecule has 0 aromatic heterocycles. The predicted octanol–water partition coefficient (Wildman–Crippen LogP) is 4.75. The molecule has 0 spiro atoms. The SMILES string of the molecule is CN=C(NCCC(C)c1ccc(OC)cc1)NCC1CCOC1c1ccccc1.I. The Morgan fingerprint density at radius 2 is 1.87 bits per heavy atom. The maximum Gasteiger partial charge on any atom is 0.190 e. The normalized spacial score (nSPS) is 19.6. The van der Waals surface area contributed by atoms with Crippen molar-refractivity contribution in [3.8, 4) is 5.75 Å². The van der Waals surface area contributed by atoms with Crippen molar-refractivity contribution in [2.24, 2.45) is 10.9 Å². The number of aliphatic imine (C=N–C) groups is 1. The van der Waals surface area contributed by atoms with Crippen LogP contribution in [-0.2, 0) is 4.74 Å². The maximum absolute atomic E-state index is 5.99. The van der Waals surface area contributed by atoms with Crippen LogP contribution < -0.4 is 15.4 Å². The Morgan fingerprint density at radius 1 is 1.13 bits per heavy atom. The number of rotatable bonds is 8. The molecule has 2 aromatic rings. The van der Waals surface area contributed by atoms with Crippen molar-refractivity contribution in [3.63, 3.8) is 0 Å². The first-order chi connectivity index (χ1) is 14.2. The van der Waals surface area contributed by atoms with Crippen molar-refractivity contribution in [2.75, 3.05) is 33.9 Å². The molecule has 3 rings (SSSR count). The minimum Gasteiger partial charge on any atom is -0.497 e. The van der Waals surface area contributed by atoms with E-state index in [-0.39, 0.29) is 30.1 Å². The lowest BCUT2D eigenvalue weighted by Gasteiger charge is -2.21. The summed E-state index contributed by atoms with van der Waals surface area (Å²) < 4.78 is 11.2. The van der Waals surface area contributed by atoms with Crippen LogP contribution in [0.3, 0.4) is 0 Å². The fourth-order valence-electron chi connectivity index (χ4n) is 3.81. The minimum atomic E-state index is 0.